The second-order valence-electron chi connectivity index (χ2n) is 4.77. The highest BCUT2D eigenvalue weighted by Gasteiger charge is 2.27. The van der Waals surface area contributed by atoms with Crippen LogP contribution in [0.5, 0.6) is 11.5 Å². The maximum absolute atomic E-state index is 10.9. The largest absolute Gasteiger partial charge is 0.496 e. The molecule has 0 spiro atoms. The van der Waals surface area contributed by atoms with Gasteiger partial charge >= 0.3 is 11.7 Å². The highest BCUT2D eigenvalue weighted by Crippen LogP contribution is 2.31. The molecule has 21 heavy (non-hydrogen) atoms. The number of nitro benzene ring substituents is 1. The molecule has 1 rings (SSSR count). The van der Waals surface area contributed by atoms with Gasteiger partial charge in [0.05, 0.1) is 24.7 Å². The van der Waals surface area contributed by atoms with E-state index in [0.29, 0.717) is 12.2 Å². The predicted molar refractivity (Wildman–Crippen MR) is 74.6 cm³/mol. The minimum atomic E-state index is -1.34. The minimum Gasteiger partial charge on any atom is -0.496 e. The van der Waals surface area contributed by atoms with E-state index < -0.39 is 16.4 Å². The summed E-state index contributed by atoms with van der Waals surface area (Å²) in [6.45, 7) is 1.54. The maximum atomic E-state index is 10.9. The number of hydrogen-bond acceptors (Lipinski definition) is 6. The highest BCUT2D eigenvalue weighted by atomic mass is 16.6. The molecule has 0 saturated heterocycles. The number of methoxy groups -OCH3 is 1. The molecule has 0 aromatic heterocycles. The Morgan fingerprint density at radius 1 is 1.52 bits per heavy atom. The molecule has 8 nitrogen and oxygen atoms in total. The number of nitrogens with two attached hydrogens (primary N) is 1. The number of benzene rings is 1. The van der Waals surface area contributed by atoms with Gasteiger partial charge in [0.2, 0.25) is 0 Å². The number of hydrogen-bond donors (Lipinski definition) is 2. The molecule has 0 bridgehead atoms. The topological polar surface area (TPSA) is 125 Å². The van der Waals surface area contributed by atoms with Gasteiger partial charge in [-0.2, -0.15) is 0 Å². The molecule has 1 atom stereocenters. The van der Waals surface area contributed by atoms with E-state index in [0.717, 1.165) is 0 Å². The Bertz CT molecular complexity index is 529. The van der Waals surface area contributed by atoms with E-state index in [1.165, 1.54) is 26.2 Å². The first-order chi connectivity index (χ1) is 9.77. The highest BCUT2D eigenvalue weighted by molar-refractivity contribution is 5.77. The standard InChI is InChI=1S/C13H18N2O6/c1-13(14,12(16)17)6-3-7-21-11-5-4-9(20-2)8-10(11)15(18)19/h4-5,8H,3,6-7,14H2,1-2H3,(H,16,17). The van der Waals surface area contributed by atoms with Crippen molar-refractivity contribution in [3.63, 3.8) is 0 Å². The summed E-state index contributed by atoms with van der Waals surface area (Å²) in [6, 6.07) is 4.25. The third kappa shape index (κ3) is 4.60. The van der Waals surface area contributed by atoms with Crippen molar-refractivity contribution >= 4 is 11.7 Å². The second kappa shape index (κ2) is 6.89. The van der Waals surface area contributed by atoms with Crippen LogP contribution in [0.4, 0.5) is 5.69 Å². The Balaban J connectivity index is 2.64. The molecule has 0 fully saturated rings. The second-order valence-corrected chi connectivity index (χ2v) is 4.77. The van der Waals surface area contributed by atoms with E-state index in [4.69, 9.17) is 20.3 Å². The quantitative estimate of drug-likeness (QED) is 0.424. The van der Waals surface area contributed by atoms with Gasteiger partial charge in [-0.3, -0.25) is 14.9 Å². The fraction of sp³-hybridized carbons (Fsp3) is 0.462. The first kappa shape index (κ1) is 16.7. The van der Waals surface area contributed by atoms with Crippen LogP contribution in [0.25, 0.3) is 0 Å². The number of nitrogens with zero attached hydrogens (tertiary/aromatic N) is 1. The number of carboxylic acid groups (broad SMARTS) is 1. The number of nitro groups is 1. The molecule has 1 aromatic rings. The smallest absolute Gasteiger partial charge is 0.323 e. The summed E-state index contributed by atoms with van der Waals surface area (Å²) in [4.78, 5) is 21.2. The van der Waals surface area contributed by atoms with Crippen molar-refractivity contribution < 1.29 is 24.3 Å². The van der Waals surface area contributed by atoms with Crippen molar-refractivity contribution in [3.8, 4) is 11.5 Å². The molecule has 0 aliphatic rings. The first-order valence-electron chi connectivity index (χ1n) is 6.25. The number of carboxylic acids is 1. The maximum Gasteiger partial charge on any atom is 0.323 e. The summed E-state index contributed by atoms with van der Waals surface area (Å²) < 4.78 is 10.2. The molecule has 0 radical (unpaired) electrons. The normalized spacial score (nSPS) is 13.3. The molecule has 3 N–H and O–H groups in total. The van der Waals surface area contributed by atoms with E-state index in [1.54, 1.807) is 6.07 Å². The Morgan fingerprint density at radius 2 is 2.19 bits per heavy atom. The molecule has 8 heteroatoms. The van der Waals surface area contributed by atoms with Crippen LogP contribution < -0.4 is 15.2 Å². The SMILES string of the molecule is COc1ccc(OCCCC(C)(N)C(=O)O)c([N+](=O)[O-])c1. The molecular weight excluding hydrogens is 280 g/mol. The minimum absolute atomic E-state index is 0.106. The van der Waals surface area contributed by atoms with Gasteiger partial charge in [-0.1, -0.05) is 0 Å². The third-order valence-corrected chi connectivity index (χ3v) is 2.95. The number of carbonyl (C=O) groups is 1. The number of aliphatic carboxylic acids is 1. The zero-order chi connectivity index (χ0) is 16.0. The third-order valence-electron chi connectivity index (χ3n) is 2.95. The van der Waals surface area contributed by atoms with Gasteiger partial charge in [0.15, 0.2) is 5.75 Å². The lowest BCUT2D eigenvalue weighted by Gasteiger charge is -2.18. The lowest BCUT2D eigenvalue weighted by Crippen LogP contribution is -2.44. The molecule has 0 amide bonds. The van der Waals surface area contributed by atoms with Crippen molar-refractivity contribution in [2.24, 2.45) is 5.73 Å². The number of ether oxygens (including phenoxy) is 2. The van der Waals surface area contributed by atoms with Crippen molar-refractivity contribution in [1.82, 2.24) is 0 Å². The van der Waals surface area contributed by atoms with Crippen LogP contribution in [0, 0.1) is 10.1 Å². The molecule has 0 saturated carbocycles. The molecular formula is C13H18N2O6. The van der Waals surface area contributed by atoms with Crippen LogP contribution in [0.3, 0.4) is 0 Å². The van der Waals surface area contributed by atoms with E-state index >= 15 is 0 Å². The van der Waals surface area contributed by atoms with Crippen LogP contribution in [-0.4, -0.2) is 35.3 Å². The molecule has 0 aliphatic heterocycles. The van der Waals surface area contributed by atoms with Crippen molar-refractivity contribution in [3.05, 3.63) is 28.3 Å². The van der Waals surface area contributed by atoms with E-state index in [2.05, 4.69) is 0 Å². The van der Waals surface area contributed by atoms with Crippen LogP contribution >= 0.6 is 0 Å². The summed E-state index contributed by atoms with van der Waals surface area (Å²) in [6.07, 6.45) is 0.564. The molecule has 1 aromatic carbocycles. The van der Waals surface area contributed by atoms with Gasteiger partial charge in [0.25, 0.3) is 0 Å². The average molecular weight is 298 g/mol. The van der Waals surface area contributed by atoms with Crippen molar-refractivity contribution in [2.75, 3.05) is 13.7 Å². The van der Waals surface area contributed by atoms with Crippen molar-refractivity contribution in [2.45, 2.75) is 25.3 Å². The zero-order valence-corrected chi connectivity index (χ0v) is 11.9. The fourth-order valence-electron chi connectivity index (χ4n) is 1.62. The summed E-state index contributed by atoms with van der Waals surface area (Å²) in [5.74, 6) is -0.637. The van der Waals surface area contributed by atoms with Crippen molar-refractivity contribution in [1.29, 1.82) is 0 Å². The van der Waals surface area contributed by atoms with Gasteiger partial charge in [-0.25, -0.2) is 0 Å². The molecule has 0 heterocycles. The van der Waals surface area contributed by atoms with Crippen LogP contribution in [0.15, 0.2) is 18.2 Å². The molecule has 0 aliphatic carbocycles. The van der Waals surface area contributed by atoms with Gasteiger partial charge in [0.1, 0.15) is 11.3 Å². The molecule has 116 valence electrons. The lowest BCUT2D eigenvalue weighted by molar-refractivity contribution is -0.385. The van der Waals surface area contributed by atoms with Gasteiger partial charge < -0.3 is 20.3 Å². The van der Waals surface area contributed by atoms with Gasteiger partial charge in [-0.15, -0.1) is 0 Å². The van der Waals surface area contributed by atoms with Gasteiger partial charge in [-0.05, 0) is 31.9 Å². The average Bonchev–Trinajstić information content (AvgIpc) is 2.43. The predicted octanol–water partition coefficient (Wildman–Crippen LogP) is 1.56. The lowest BCUT2D eigenvalue weighted by atomic mass is 9.98. The molecule has 1 unspecified atom stereocenters. The summed E-state index contributed by atoms with van der Waals surface area (Å²) in [5.41, 5.74) is 4.03. The first-order valence-corrected chi connectivity index (χ1v) is 6.25. The zero-order valence-electron chi connectivity index (χ0n) is 11.9. The van der Waals surface area contributed by atoms with Crippen LogP contribution in [0.2, 0.25) is 0 Å². The van der Waals surface area contributed by atoms with Crippen LogP contribution in [0.1, 0.15) is 19.8 Å². The van der Waals surface area contributed by atoms with E-state index in [-0.39, 0.29) is 24.5 Å². The Kier molecular flexibility index (Phi) is 5.48. The van der Waals surface area contributed by atoms with Crippen LogP contribution in [-0.2, 0) is 4.79 Å². The number of rotatable bonds is 8. The summed E-state index contributed by atoms with van der Waals surface area (Å²) >= 11 is 0. The Labute approximate surface area is 121 Å². The Hall–Kier alpha value is -2.35. The summed E-state index contributed by atoms with van der Waals surface area (Å²) in [5, 5.41) is 19.8. The van der Waals surface area contributed by atoms with Gasteiger partial charge in [0, 0.05) is 0 Å². The van der Waals surface area contributed by atoms with E-state index in [9.17, 15) is 14.9 Å². The monoisotopic (exact) mass is 298 g/mol. The fourth-order valence-corrected chi connectivity index (χ4v) is 1.62. The Morgan fingerprint density at radius 3 is 2.71 bits per heavy atom. The summed E-state index contributed by atoms with van der Waals surface area (Å²) in [7, 11) is 1.41. The van der Waals surface area contributed by atoms with E-state index in [1.807, 2.05) is 0 Å².